The number of benzene rings is 1. The number of halogens is 3. The van der Waals surface area contributed by atoms with Crippen LogP contribution < -0.4 is 4.90 Å². The van der Waals surface area contributed by atoms with E-state index >= 15 is 0 Å². The van der Waals surface area contributed by atoms with E-state index in [1.165, 1.54) is 17.0 Å². The molecule has 0 spiro atoms. The van der Waals surface area contributed by atoms with E-state index in [2.05, 4.69) is 0 Å². The summed E-state index contributed by atoms with van der Waals surface area (Å²) in [5.74, 6) is -1.51. The van der Waals surface area contributed by atoms with Crippen molar-refractivity contribution in [2.24, 2.45) is 5.92 Å². The Labute approximate surface area is 106 Å². The Morgan fingerprint density at radius 1 is 1.42 bits per heavy atom. The molecule has 0 aliphatic carbocycles. The largest absolute Gasteiger partial charge is 0.481 e. The smallest absolute Gasteiger partial charge is 0.417 e. The Hall–Kier alpha value is -2.23. The molecule has 1 aliphatic rings. The van der Waals surface area contributed by atoms with Gasteiger partial charge in [0, 0.05) is 18.8 Å². The van der Waals surface area contributed by atoms with Crippen molar-refractivity contribution >= 4 is 11.7 Å². The number of carbonyl (C=O) groups is 1. The zero-order chi connectivity index (χ0) is 14.2. The number of hydrogen-bond acceptors (Lipinski definition) is 3. The average Bonchev–Trinajstić information content (AvgIpc) is 2.25. The van der Waals surface area contributed by atoms with Crippen LogP contribution in [0.15, 0.2) is 18.2 Å². The van der Waals surface area contributed by atoms with Gasteiger partial charge in [0.25, 0.3) is 0 Å². The zero-order valence-electron chi connectivity index (χ0n) is 9.61. The zero-order valence-corrected chi connectivity index (χ0v) is 9.61. The first-order valence-corrected chi connectivity index (χ1v) is 5.42. The van der Waals surface area contributed by atoms with Gasteiger partial charge in [0.2, 0.25) is 0 Å². The first-order valence-electron chi connectivity index (χ1n) is 5.42. The highest BCUT2D eigenvalue weighted by Gasteiger charge is 2.37. The summed E-state index contributed by atoms with van der Waals surface area (Å²) in [7, 11) is 0. The van der Waals surface area contributed by atoms with Crippen molar-refractivity contribution in [1.82, 2.24) is 0 Å². The SMILES string of the molecule is N#Cc1ccc(N2CC(C(=O)O)C2)cc1C(F)(F)F. The molecule has 1 aromatic carbocycles. The summed E-state index contributed by atoms with van der Waals surface area (Å²) < 4.78 is 38.2. The van der Waals surface area contributed by atoms with Crippen molar-refractivity contribution in [1.29, 1.82) is 5.26 Å². The van der Waals surface area contributed by atoms with E-state index in [1.54, 1.807) is 0 Å². The summed E-state index contributed by atoms with van der Waals surface area (Å²) in [4.78, 5) is 12.2. The fourth-order valence-electron chi connectivity index (χ4n) is 1.91. The Morgan fingerprint density at radius 2 is 2.05 bits per heavy atom. The molecule has 0 bridgehead atoms. The number of hydrogen-bond donors (Lipinski definition) is 1. The number of nitrogens with zero attached hydrogens (tertiary/aromatic N) is 2. The number of carboxylic acid groups (broad SMARTS) is 1. The summed E-state index contributed by atoms with van der Waals surface area (Å²) in [6.07, 6.45) is -4.60. The lowest BCUT2D eigenvalue weighted by Crippen LogP contribution is -2.50. The summed E-state index contributed by atoms with van der Waals surface area (Å²) >= 11 is 0. The molecule has 1 aliphatic heterocycles. The standard InChI is InChI=1S/C12H9F3N2O2/c13-12(14,15)10-3-9(2-1-7(10)4-16)17-5-8(6-17)11(18)19/h1-3,8H,5-6H2,(H,18,19). The second-order valence-electron chi connectivity index (χ2n) is 4.28. The molecular weight excluding hydrogens is 261 g/mol. The van der Waals surface area contributed by atoms with E-state index in [0.717, 1.165) is 12.1 Å². The molecule has 0 radical (unpaired) electrons. The number of nitriles is 1. The quantitative estimate of drug-likeness (QED) is 0.893. The van der Waals surface area contributed by atoms with Crippen LogP contribution >= 0.6 is 0 Å². The van der Waals surface area contributed by atoms with Crippen LogP contribution in [-0.4, -0.2) is 24.2 Å². The minimum absolute atomic E-state index is 0.179. The van der Waals surface area contributed by atoms with Crippen LogP contribution in [0.4, 0.5) is 18.9 Å². The monoisotopic (exact) mass is 270 g/mol. The third-order valence-corrected chi connectivity index (χ3v) is 3.02. The maximum absolute atomic E-state index is 12.7. The Balaban J connectivity index is 2.26. The Kier molecular flexibility index (Phi) is 3.10. The van der Waals surface area contributed by atoms with Gasteiger partial charge in [-0.1, -0.05) is 0 Å². The molecule has 2 rings (SSSR count). The second-order valence-corrected chi connectivity index (χ2v) is 4.28. The van der Waals surface area contributed by atoms with E-state index in [4.69, 9.17) is 10.4 Å². The van der Waals surface area contributed by atoms with Crippen molar-refractivity contribution < 1.29 is 23.1 Å². The van der Waals surface area contributed by atoms with Gasteiger partial charge in [0.05, 0.1) is 23.1 Å². The second kappa shape index (κ2) is 4.46. The predicted octanol–water partition coefficient (Wildman–Crippen LogP) is 2.10. The average molecular weight is 270 g/mol. The van der Waals surface area contributed by atoms with Gasteiger partial charge in [-0.15, -0.1) is 0 Å². The number of anilines is 1. The van der Waals surface area contributed by atoms with Crippen LogP contribution in [0.3, 0.4) is 0 Å². The van der Waals surface area contributed by atoms with Crippen LogP contribution in [0.5, 0.6) is 0 Å². The Bertz CT molecular complexity index is 557. The van der Waals surface area contributed by atoms with E-state index in [0.29, 0.717) is 0 Å². The molecule has 0 amide bonds. The van der Waals surface area contributed by atoms with Crippen LogP contribution in [0.1, 0.15) is 11.1 Å². The minimum Gasteiger partial charge on any atom is -0.481 e. The third kappa shape index (κ3) is 2.47. The van der Waals surface area contributed by atoms with Gasteiger partial charge in [-0.3, -0.25) is 4.79 Å². The summed E-state index contributed by atoms with van der Waals surface area (Å²) in [6.45, 7) is 0.358. The van der Waals surface area contributed by atoms with Crippen molar-refractivity contribution in [3.63, 3.8) is 0 Å². The third-order valence-electron chi connectivity index (χ3n) is 3.02. The summed E-state index contributed by atoms with van der Waals surface area (Å²) in [5, 5.41) is 17.4. The molecular formula is C12H9F3N2O2. The van der Waals surface area contributed by atoms with Gasteiger partial charge in [-0.25, -0.2) is 0 Å². The summed E-state index contributed by atoms with van der Waals surface area (Å²) in [5.41, 5.74) is -1.15. The van der Waals surface area contributed by atoms with Crippen LogP contribution in [0, 0.1) is 17.2 Å². The highest BCUT2D eigenvalue weighted by atomic mass is 19.4. The number of aliphatic carboxylic acids is 1. The highest BCUT2D eigenvalue weighted by Crippen LogP contribution is 2.35. The van der Waals surface area contributed by atoms with Crippen molar-refractivity contribution in [3.05, 3.63) is 29.3 Å². The van der Waals surface area contributed by atoms with Gasteiger partial charge in [-0.2, -0.15) is 18.4 Å². The fraction of sp³-hybridized carbons (Fsp3) is 0.333. The normalized spacial score (nSPS) is 15.8. The molecule has 0 unspecified atom stereocenters. The van der Waals surface area contributed by atoms with E-state index < -0.39 is 29.2 Å². The summed E-state index contributed by atoms with van der Waals surface area (Å²) in [6, 6.07) is 4.88. The minimum atomic E-state index is -4.60. The molecule has 1 fully saturated rings. The Morgan fingerprint density at radius 3 is 2.53 bits per heavy atom. The lowest BCUT2D eigenvalue weighted by atomic mass is 9.98. The van der Waals surface area contributed by atoms with Gasteiger partial charge in [0.15, 0.2) is 0 Å². The fourth-order valence-corrected chi connectivity index (χ4v) is 1.91. The first-order chi connectivity index (χ1) is 8.82. The van der Waals surface area contributed by atoms with E-state index in [-0.39, 0.29) is 18.8 Å². The molecule has 1 aromatic rings. The molecule has 0 aromatic heterocycles. The van der Waals surface area contributed by atoms with Crippen LogP contribution in [0.2, 0.25) is 0 Å². The van der Waals surface area contributed by atoms with Gasteiger partial charge in [-0.05, 0) is 18.2 Å². The molecule has 7 heteroatoms. The predicted molar refractivity (Wildman–Crippen MR) is 59.5 cm³/mol. The highest BCUT2D eigenvalue weighted by molar-refractivity contribution is 5.74. The number of carboxylic acids is 1. The molecule has 0 saturated carbocycles. The molecule has 4 nitrogen and oxygen atoms in total. The van der Waals surface area contributed by atoms with Gasteiger partial charge >= 0.3 is 12.1 Å². The van der Waals surface area contributed by atoms with Gasteiger partial charge in [0.1, 0.15) is 0 Å². The maximum Gasteiger partial charge on any atom is 0.417 e. The molecule has 1 saturated heterocycles. The van der Waals surface area contributed by atoms with E-state index in [9.17, 15) is 18.0 Å². The molecule has 1 heterocycles. The molecule has 0 atom stereocenters. The topological polar surface area (TPSA) is 64.3 Å². The van der Waals surface area contributed by atoms with Crippen LogP contribution in [0.25, 0.3) is 0 Å². The number of rotatable bonds is 2. The molecule has 19 heavy (non-hydrogen) atoms. The first kappa shape index (κ1) is 13.2. The van der Waals surface area contributed by atoms with Crippen molar-refractivity contribution in [3.8, 4) is 6.07 Å². The molecule has 100 valence electrons. The lowest BCUT2D eigenvalue weighted by molar-refractivity contribution is -0.142. The number of alkyl halides is 3. The van der Waals surface area contributed by atoms with E-state index in [1.807, 2.05) is 0 Å². The maximum atomic E-state index is 12.7. The lowest BCUT2D eigenvalue weighted by Gasteiger charge is -2.38. The van der Waals surface area contributed by atoms with Crippen molar-refractivity contribution in [2.75, 3.05) is 18.0 Å². The molecule has 1 N–H and O–H groups in total. The van der Waals surface area contributed by atoms with Gasteiger partial charge < -0.3 is 10.0 Å². The van der Waals surface area contributed by atoms with Crippen molar-refractivity contribution in [2.45, 2.75) is 6.18 Å². The van der Waals surface area contributed by atoms with Crippen LogP contribution in [-0.2, 0) is 11.0 Å².